The van der Waals surface area contributed by atoms with Gasteiger partial charge in [-0.1, -0.05) is 24.1 Å². The first-order valence-corrected chi connectivity index (χ1v) is 10.8. The van der Waals surface area contributed by atoms with Crippen molar-refractivity contribution in [1.82, 2.24) is 19.9 Å². The zero-order valence-corrected chi connectivity index (χ0v) is 21.1. The molecule has 0 saturated heterocycles. The van der Waals surface area contributed by atoms with Gasteiger partial charge in [-0.25, -0.2) is 9.97 Å². The molecular weight excluding hydrogens is 459 g/mol. The van der Waals surface area contributed by atoms with Crippen LogP contribution in [0.4, 0.5) is 11.5 Å². The number of benzene rings is 1. The number of amides is 1. The summed E-state index contributed by atoms with van der Waals surface area (Å²) in [6.45, 7) is 8.98. The summed E-state index contributed by atoms with van der Waals surface area (Å²) in [4.78, 5) is 32.4. The van der Waals surface area contributed by atoms with E-state index in [1.165, 1.54) is 48.5 Å². The maximum Gasteiger partial charge on any atom is 1.00 e. The molecule has 0 unspecified atom stereocenters. The third-order valence-electron chi connectivity index (χ3n) is 4.35. The Bertz CT molecular complexity index is 1330. The number of fused-ring (bicyclic) bond motifs is 1. The predicted octanol–water partition coefficient (Wildman–Crippen LogP) is 0.904. The molecule has 9 nitrogen and oxygen atoms in total. The van der Waals surface area contributed by atoms with Gasteiger partial charge >= 0.3 is 29.6 Å². The Balaban J connectivity index is 0.00000289. The van der Waals surface area contributed by atoms with Gasteiger partial charge < -0.3 is 25.0 Å². The summed E-state index contributed by atoms with van der Waals surface area (Å²) in [6, 6.07) is 4.43. The van der Waals surface area contributed by atoms with Crippen LogP contribution in [0.2, 0.25) is 0 Å². The Morgan fingerprint density at radius 1 is 1.38 bits per heavy atom. The van der Waals surface area contributed by atoms with Gasteiger partial charge in [-0.3, -0.25) is 4.79 Å². The van der Waals surface area contributed by atoms with Crippen LogP contribution in [0.5, 0.6) is 11.5 Å². The Morgan fingerprint density at radius 3 is 2.91 bits per heavy atom. The van der Waals surface area contributed by atoms with Crippen LogP contribution in [0, 0.1) is 13.5 Å². The van der Waals surface area contributed by atoms with E-state index in [0.717, 1.165) is 21.6 Å². The van der Waals surface area contributed by atoms with Crippen molar-refractivity contribution in [1.29, 1.82) is 0 Å². The number of hydrogen-bond donors (Lipinski definition) is 2. The molecule has 0 aliphatic heterocycles. The van der Waals surface area contributed by atoms with Gasteiger partial charge in [0.25, 0.3) is 11.7 Å². The smallest absolute Gasteiger partial charge is 0.870 e. The molecule has 1 aromatic carbocycles. The molecule has 0 radical (unpaired) electrons. The summed E-state index contributed by atoms with van der Waals surface area (Å²) in [7, 11) is 1.42. The SMILES string of the molecule is [C-]#[N+]c1ncc2[nH]c(SCc3ncc(C(=O)Nc4ccc(OC)c([O-])c4)s3)nc2c1C.[Na+]. The molecular formula is C20H15N6NaO3S2. The Labute approximate surface area is 213 Å². The molecule has 0 bridgehead atoms. The average molecular weight is 475 g/mol. The number of aromatic nitrogens is 4. The first-order valence-electron chi connectivity index (χ1n) is 8.95. The topological polar surface area (TPSA) is 120 Å². The Morgan fingerprint density at radius 2 is 2.19 bits per heavy atom. The molecule has 0 aliphatic carbocycles. The summed E-state index contributed by atoms with van der Waals surface area (Å²) in [5, 5.41) is 16.0. The molecule has 3 heterocycles. The van der Waals surface area contributed by atoms with E-state index in [9.17, 15) is 9.90 Å². The van der Waals surface area contributed by atoms with E-state index >= 15 is 0 Å². The van der Waals surface area contributed by atoms with Gasteiger partial charge in [0.15, 0.2) is 5.16 Å². The van der Waals surface area contributed by atoms with Gasteiger partial charge in [0.1, 0.15) is 27.3 Å². The van der Waals surface area contributed by atoms with Gasteiger partial charge in [-0.15, -0.1) is 16.3 Å². The van der Waals surface area contributed by atoms with Crippen LogP contribution in [0.25, 0.3) is 15.9 Å². The number of aromatic amines is 1. The number of thiazole rings is 1. The van der Waals surface area contributed by atoms with Gasteiger partial charge in [-0.05, 0) is 25.1 Å². The number of hydrogen-bond acceptors (Lipinski definition) is 8. The van der Waals surface area contributed by atoms with Crippen molar-refractivity contribution in [3.05, 3.63) is 57.5 Å². The van der Waals surface area contributed by atoms with Crippen molar-refractivity contribution in [2.75, 3.05) is 12.4 Å². The number of imidazole rings is 1. The van der Waals surface area contributed by atoms with E-state index in [0.29, 0.717) is 27.3 Å². The number of aryl methyl sites for hydroxylation is 1. The summed E-state index contributed by atoms with van der Waals surface area (Å²) < 4.78 is 4.93. The van der Waals surface area contributed by atoms with Crippen LogP contribution in [0.1, 0.15) is 20.2 Å². The van der Waals surface area contributed by atoms with Gasteiger partial charge in [-0.2, -0.15) is 0 Å². The van der Waals surface area contributed by atoms with Crippen LogP contribution in [-0.4, -0.2) is 33.0 Å². The Kier molecular flexibility index (Phi) is 7.76. The molecule has 4 rings (SSSR count). The number of carbonyl (C=O) groups excluding carboxylic acids is 1. The number of rotatable bonds is 6. The average Bonchev–Trinajstić information content (AvgIpc) is 3.40. The second-order valence-electron chi connectivity index (χ2n) is 6.35. The summed E-state index contributed by atoms with van der Waals surface area (Å²) in [6.07, 6.45) is 3.11. The number of nitrogens with zero attached hydrogens (tertiary/aromatic N) is 4. The zero-order valence-electron chi connectivity index (χ0n) is 17.4. The van der Waals surface area contributed by atoms with Gasteiger partial charge in [0.2, 0.25) is 0 Å². The second kappa shape index (κ2) is 10.3. The van der Waals surface area contributed by atoms with Crippen molar-refractivity contribution in [3.8, 4) is 11.5 Å². The number of pyridine rings is 1. The third-order valence-corrected chi connectivity index (χ3v) is 6.42. The van der Waals surface area contributed by atoms with E-state index in [1.54, 1.807) is 12.3 Å². The van der Waals surface area contributed by atoms with E-state index in [1.807, 2.05) is 6.92 Å². The van der Waals surface area contributed by atoms with E-state index in [2.05, 4.69) is 30.1 Å². The molecule has 1 amide bonds. The first kappa shape index (κ1) is 24.0. The van der Waals surface area contributed by atoms with Crippen LogP contribution in [-0.2, 0) is 5.75 Å². The summed E-state index contributed by atoms with van der Waals surface area (Å²) in [5.41, 5.74) is 2.62. The standard InChI is InChI=1S/C20H16N6O3S2.Na/c1-10-17-12(7-23-18(10)21-2)25-20(26-17)30-9-16-22-8-15(31-16)19(28)24-11-4-5-14(29-3)13(27)6-11;/h4-8,27H,9H2,1,3H3,(H,24,28)(H,25,26);/q;+1/p-1. The van der Waals surface area contributed by atoms with Crippen molar-refractivity contribution < 1.29 is 44.2 Å². The van der Waals surface area contributed by atoms with E-state index in [4.69, 9.17) is 11.3 Å². The molecule has 3 aromatic heterocycles. The van der Waals surface area contributed by atoms with E-state index in [-0.39, 0.29) is 47.0 Å². The molecule has 0 spiro atoms. The van der Waals surface area contributed by atoms with Gasteiger partial charge in [0, 0.05) is 11.3 Å². The number of methoxy groups -OCH3 is 1. The fourth-order valence-corrected chi connectivity index (χ4v) is 4.51. The van der Waals surface area contributed by atoms with Crippen LogP contribution in [0.15, 0.2) is 35.7 Å². The van der Waals surface area contributed by atoms with E-state index < -0.39 is 0 Å². The van der Waals surface area contributed by atoms with Crippen molar-refractivity contribution >= 4 is 51.5 Å². The maximum atomic E-state index is 12.5. The molecule has 4 aromatic rings. The number of H-pyrrole nitrogens is 1. The zero-order chi connectivity index (χ0) is 22.0. The fraction of sp³-hybridized carbons (Fsp3) is 0.150. The minimum absolute atomic E-state index is 0. The minimum Gasteiger partial charge on any atom is -0.870 e. The Hall–Kier alpha value is -2.62. The van der Waals surface area contributed by atoms with Crippen LogP contribution in [0.3, 0.4) is 0 Å². The normalized spacial score (nSPS) is 10.4. The molecule has 2 N–H and O–H groups in total. The predicted molar refractivity (Wildman–Crippen MR) is 117 cm³/mol. The number of anilines is 1. The molecule has 0 fully saturated rings. The quantitative estimate of drug-likeness (QED) is 0.242. The summed E-state index contributed by atoms with van der Waals surface area (Å²) >= 11 is 2.71. The molecule has 32 heavy (non-hydrogen) atoms. The van der Waals surface area contributed by atoms with Crippen LogP contribution < -0.4 is 44.7 Å². The second-order valence-corrected chi connectivity index (χ2v) is 8.43. The largest absolute Gasteiger partial charge is 1.00 e. The molecule has 156 valence electrons. The fourth-order valence-electron chi connectivity index (χ4n) is 2.81. The molecule has 0 aliphatic rings. The monoisotopic (exact) mass is 474 g/mol. The van der Waals surface area contributed by atoms with Crippen molar-refractivity contribution in [3.63, 3.8) is 0 Å². The summed E-state index contributed by atoms with van der Waals surface area (Å²) in [5.74, 6) is 0.439. The first-order chi connectivity index (χ1) is 15.0. The number of carbonyl (C=O) groups is 1. The maximum absolute atomic E-state index is 12.5. The molecule has 12 heteroatoms. The molecule has 0 saturated carbocycles. The third kappa shape index (κ3) is 5.06. The number of ether oxygens (including phenoxy) is 1. The number of thioether (sulfide) groups is 1. The van der Waals surface area contributed by atoms with Crippen molar-refractivity contribution in [2.45, 2.75) is 17.8 Å². The minimum atomic E-state index is -0.338. The molecule has 0 atom stereocenters. The van der Waals surface area contributed by atoms with Gasteiger partial charge in [0.05, 0.1) is 24.6 Å². The number of nitrogens with one attached hydrogen (secondary N) is 2. The van der Waals surface area contributed by atoms with Crippen LogP contribution >= 0.6 is 23.1 Å². The van der Waals surface area contributed by atoms with Crippen molar-refractivity contribution in [2.24, 2.45) is 0 Å².